The zero-order valence-corrected chi connectivity index (χ0v) is 17.3. The molecule has 1 atom stereocenters. The molecule has 0 aromatic heterocycles. The minimum absolute atomic E-state index is 0.215. The van der Waals surface area contributed by atoms with Crippen molar-refractivity contribution in [2.75, 3.05) is 6.61 Å². The highest BCUT2D eigenvalue weighted by atomic mass is 28.4. The fourth-order valence-corrected chi connectivity index (χ4v) is 5.34. The molecule has 0 aliphatic rings. The third kappa shape index (κ3) is 9.78. The van der Waals surface area contributed by atoms with E-state index in [1.807, 2.05) is 6.26 Å². The third-order valence-electron chi connectivity index (χ3n) is 3.32. The summed E-state index contributed by atoms with van der Waals surface area (Å²) in [5, 5.41) is 0. The first-order valence-corrected chi connectivity index (χ1v) is 13.8. The summed E-state index contributed by atoms with van der Waals surface area (Å²) in [7, 11) is -2.51. The molecule has 0 N–H and O–H groups in total. The molecule has 20 heavy (non-hydrogen) atoms. The van der Waals surface area contributed by atoms with Crippen LogP contribution in [0.25, 0.3) is 0 Å². The second-order valence-corrected chi connectivity index (χ2v) is 14.8. The molecule has 0 radical (unpaired) electrons. The smallest absolute Gasteiger partial charge is 0.244 e. The van der Waals surface area contributed by atoms with E-state index < -0.39 is 17.4 Å². The highest BCUT2D eigenvalue weighted by Crippen LogP contribution is 2.28. The van der Waals surface area contributed by atoms with Crippen LogP contribution in [0.2, 0.25) is 32.2 Å². The Labute approximate surface area is 129 Å². The average molecular weight is 317 g/mol. The van der Waals surface area contributed by atoms with Crippen LogP contribution in [0, 0.1) is 17.3 Å². The Bertz CT molecular complexity index is 291. The molecule has 0 aromatic carbocycles. The molecule has 0 aliphatic heterocycles. The maximum Gasteiger partial charge on any atom is 0.244 e. The van der Waals surface area contributed by atoms with Gasteiger partial charge in [-0.25, -0.2) is 0 Å². The van der Waals surface area contributed by atoms with E-state index in [0.717, 1.165) is 6.61 Å². The summed E-state index contributed by atoms with van der Waals surface area (Å²) >= 11 is 0. The van der Waals surface area contributed by atoms with Gasteiger partial charge in [-0.15, -0.1) is 0 Å². The first kappa shape index (κ1) is 19.9. The van der Waals surface area contributed by atoms with E-state index in [-0.39, 0.29) is 5.41 Å². The molecular formula is C16H36O2Si2. The summed E-state index contributed by atoms with van der Waals surface area (Å²) in [6.07, 6.45) is 4.17. The lowest BCUT2D eigenvalue weighted by Crippen LogP contribution is -2.30. The lowest BCUT2D eigenvalue weighted by Gasteiger charge is -2.29. The Balaban J connectivity index is 4.54. The SMILES string of the molecule is CC(C)C[Si](C)(C)OC=C[C@@H](CO[SiH](C)C)C(C)(C)C. The molecule has 0 aromatic rings. The number of hydrogen-bond donors (Lipinski definition) is 0. The van der Waals surface area contributed by atoms with Crippen molar-refractivity contribution in [3.05, 3.63) is 12.3 Å². The molecule has 4 heteroatoms. The Morgan fingerprint density at radius 1 is 1.15 bits per heavy atom. The van der Waals surface area contributed by atoms with E-state index in [4.69, 9.17) is 8.85 Å². The summed E-state index contributed by atoms with van der Waals surface area (Å²) in [6.45, 7) is 21.2. The summed E-state index contributed by atoms with van der Waals surface area (Å²) in [6, 6.07) is 1.20. The minimum atomic E-state index is -1.56. The molecule has 0 saturated heterocycles. The van der Waals surface area contributed by atoms with Gasteiger partial charge in [-0.1, -0.05) is 34.6 Å². The van der Waals surface area contributed by atoms with Crippen LogP contribution in [0.5, 0.6) is 0 Å². The van der Waals surface area contributed by atoms with E-state index in [0.29, 0.717) is 11.8 Å². The van der Waals surface area contributed by atoms with Crippen LogP contribution in [-0.4, -0.2) is 24.0 Å². The molecule has 0 unspecified atom stereocenters. The largest absolute Gasteiger partial charge is 0.550 e. The van der Waals surface area contributed by atoms with Gasteiger partial charge in [0.15, 0.2) is 9.04 Å². The van der Waals surface area contributed by atoms with Crippen LogP contribution in [0.4, 0.5) is 0 Å². The maximum absolute atomic E-state index is 6.09. The molecule has 0 rings (SSSR count). The Hall–Kier alpha value is -0.0662. The summed E-state index contributed by atoms with van der Waals surface area (Å²) in [5.41, 5.74) is 0.215. The van der Waals surface area contributed by atoms with Crippen LogP contribution < -0.4 is 0 Å². The fraction of sp³-hybridized carbons (Fsp3) is 0.875. The van der Waals surface area contributed by atoms with E-state index in [1.54, 1.807) is 0 Å². The highest BCUT2D eigenvalue weighted by Gasteiger charge is 2.26. The molecule has 0 fully saturated rings. The van der Waals surface area contributed by atoms with Gasteiger partial charge in [0, 0.05) is 12.5 Å². The van der Waals surface area contributed by atoms with Crippen molar-refractivity contribution in [3.8, 4) is 0 Å². The van der Waals surface area contributed by atoms with Crippen molar-refractivity contribution in [1.29, 1.82) is 0 Å². The zero-order chi connectivity index (χ0) is 16.0. The van der Waals surface area contributed by atoms with Gasteiger partial charge in [-0.3, -0.25) is 0 Å². The van der Waals surface area contributed by atoms with Crippen LogP contribution in [0.3, 0.4) is 0 Å². The topological polar surface area (TPSA) is 18.5 Å². The summed E-state index contributed by atoms with van der Waals surface area (Å²) < 4.78 is 12.0. The molecule has 0 saturated carbocycles. The normalized spacial score (nSPS) is 15.3. The van der Waals surface area contributed by atoms with Crippen molar-refractivity contribution in [2.45, 2.75) is 66.9 Å². The van der Waals surface area contributed by atoms with Crippen molar-refractivity contribution in [2.24, 2.45) is 17.3 Å². The molecular weight excluding hydrogens is 280 g/mol. The molecule has 0 aliphatic carbocycles. The van der Waals surface area contributed by atoms with Gasteiger partial charge in [-0.2, -0.15) is 0 Å². The van der Waals surface area contributed by atoms with Crippen LogP contribution >= 0.6 is 0 Å². The highest BCUT2D eigenvalue weighted by molar-refractivity contribution is 6.71. The first-order valence-electron chi connectivity index (χ1n) is 7.90. The Morgan fingerprint density at radius 2 is 1.70 bits per heavy atom. The van der Waals surface area contributed by atoms with E-state index in [1.165, 1.54) is 6.04 Å². The minimum Gasteiger partial charge on any atom is -0.550 e. The van der Waals surface area contributed by atoms with Crippen LogP contribution in [0.15, 0.2) is 12.3 Å². The quantitative estimate of drug-likeness (QED) is 0.461. The molecule has 120 valence electrons. The van der Waals surface area contributed by atoms with Crippen molar-refractivity contribution in [3.63, 3.8) is 0 Å². The first-order chi connectivity index (χ1) is 8.94. The van der Waals surface area contributed by atoms with Crippen LogP contribution in [0.1, 0.15) is 34.6 Å². The van der Waals surface area contributed by atoms with E-state index in [9.17, 15) is 0 Å². The van der Waals surface area contributed by atoms with Gasteiger partial charge in [0.1, 0.15) is 0 Å². The molecule has 0 amide bonds. The van der Waals surface area contributed by atoms with Crippen molar-refractivity contribution >= 4 is 17.4 Å². The predicted molar refractivity (Wildman–Crippen MR) is 95.1 cm³/mol. The van der Waals surface area contributed by atoms with Gasteiger partial charge in [0.2, 0.25) is 8.32 Å². The maximum atomic E-state index is 6.09. The molecule has 0 heterocycles. The van der Waals surface area contributed by atoms with Gasteiger partial charge in [-0.05, 0) is 49.6 Å². The summed E-state index contributed by atoms with van der Waals surface area (Å²) in [5.74, 6) is 1.13. The Morgan fingerprint density at radius 3 is 2.10 bits per heavy atom. The van der Waals surface area contributed by atoms with Gasteiger partial charge in [0.25, 0.3) is 0 Å². The monoisotopic (exact) mass is 316 g/mol. The fourth-order valence-electron chi connectivity index (χ4n) is 2.24. The van der Waals surface area contributed by atoms with E-state index >= 15 is 0 Å². The molecule has 0 bridgehead atoms. The van der Waals surface area contributed by atoms with Gasteiger partial charge in [0.05, 0.1) is 6.26 Å². The standard InChI is InChI=1S/C16H36O2Si2/c1-14(2)13-20(8,9)18-11-10-15(16(3,4)5)12-17-19(6)7/h10-11,14-15,19H,12-13H2,1-9H3/t15-/m0/s1. The Kier molecular flexibility index (Phi) is 8.37. The lowest BCUT2D eigenvalue weighted by atomic mass is 9.81. The number of rotatable bonds is 8. The second-order valence-electron chi connectivity index (χ2n) is 8.16. The van der Waals surface area contributed by atoms with Gasteiger partial charge >= 0.3 is 0 Å². The van der Waals surface area contributed by atoms with Gasteiger partial charge < -0.3 is 8.85 Å². The second kappa shape index (κ2) is 8.39. The molecule has 0 spiro atoms. The lowest BCUT2D eigenvalue weighted by molar-refractivity contribution is 0.182. The van der Waals surface area contributed by atoms with Crippen LogP contribution in [-0.2, 0) is 8.85 Å². The third-order valence-corrected chi connectivity index (χ3v) is 6.75. The van der Waals surface area contributed by atoms with Crippen molar-refractivity contribution in [1.82, 2.24) is 0 Å². The van der Waals surface area contributed by atoms with E-state index in [2.05, 4.69) is 66.9 Å². The predicted octanol–water partition coefficient (Wildman–Crippen LogP) is 5.04. The zero-order valence-electron chi connectivity index (χ0n) is 15.1. The van der Waals surface area contributed by atoms with Crippen molar-refractivity contribution < 1.29 is 8.85 Å². The number of hydrogen-bond acceptors (Lipinski definition) is 2. The summed E-state index contributed by atoms with van der Waals surface area (Å²) in [4.78, 5) is 0. The molecule has 2 nitrogen and oxygen atoms in total. The average Bonchev–Trinajstić information content (AvgIpc) is 2.18.